The average Bonchev–Trinajstić information content (AvgIpc) is 2.79. The highest BCUT2D eigenvalue weighted by Gasteiger charge is 2.39. The minimum atomic E-state index is -0.539. The number of methoxy groups -OCH3 is 1. The fraction of sp³-hybridized carbons (Fsp3) is 0.400. The monoisotopic (exact) mass is 355 g/mol. The highest BCUT2D eigenvalue weighted by molar-refractivity contribution is 8.00. The van der Waals surface area contributed by atoms with Crippen LogP contribution >= 0.6 is 23.4 Å². The van der Waals surface area contributed by atoms with Crippen molar-refractivity contribution < 1.29 is 24.0 Å². The van der Waals surface area contributed by atoms with Crippen LogP contribution in [-0.2, 0) is 14.3 Å². The van der Waals surface area contributed by atoms with Crippen molar-refractivity contribution in [3.63, 3.8) is 0 Å². The van der Waals surface area contributed by atoms with E-state index in [0.29, 0.717) is 29.5 Å². The van der Waals surface area contributed by atoms with Crippen LogP contribution in [0, 0.1) is 0 Å². The molecule has 1 amide bonds. The number of benzene rings is 1. The number of quaternary nitrogens is 1. The lowest BCUT2D eigenvalue weighted by Gasteiger charge is -2.30. The van der Waals surface area contributed by atoms with Gasteiger partial charge in [-0.25, -0.2) is 0 Å². The average molecular weight is 356 g/mol. The summed E-state index contributed by atoms with van der Waals surface area (Å²) in [6, 6.07) is 4.88. The van der Waals surface area contributed by atoms with Crippen LogP contribution in [-0.4, -0.2) is 55.5 Å². The van der Waals surface area contributed by atoms with E-state index in [1.807, 2.05) is 0 Å². The van der Waals surface area contributed by atoms with E-state index < -0.39 is 11.7 Å². The molecule has 1 saturated heterocycles. The molecule has 2 atom stereocenters. The lowest BCUT2D eigenvalue weighted by Crippen LogP contribution is -3.16. The summed E-state index contributed by atoms with van der Waals surface area (Å²) in [5.74, 6) is -0.512. The third-order valence-corrected chi connectivity index (χ3v) is 5.46. The van der Waals surface area contributed by atoms with Crippen molar-refractivity contribution in [1.82, 2.24) is 0 Å². The Morgan fingerprint density at radius 2 is 2.26 bits per heavy atom. The summed E-state index contributed by atoms with van der Waals surface area (Å²) in [4.78, 5) is 38.6. The molecule has 1 fully saturated rings. The fourth-order valence-electron chi connectivity index (χ4n) is 2.85. The SMILES string of the molecule is COC(=O)[C@@H]1C[NH+](CN2C(=O)C(=O)c3cc(Cl)ccc32)CCS1. The highest BCUT2D eigenvalue weighted by atomic mass is 35.5. The molecule has 0 aromatic heterocycles. The number of carbonyl (C=O) groups excluding carboxylic acids is 3. The Labute approximate surface area is 142 Å². The number of anilines is 1. The second-order valence-electron chi connectivity index (χ2n) is 5.47. The number of ketones is 1. The van der Waals surface area contributed by atoms with Crippen LogP contribution < -0.4 is 9.80 Å². The number of amides is 1. The molecule has 122 valence electrons. The first-order chi connectivity index (χ1) is 11.0. The van der Waals surface area contributed by atoms with Crippen molar-refractivity contribution in [1.29, 1.82) is 0 Å². The Balaban J connectivity index is 1.77. The predicted molar refractivity (Wildman–Crippen MR) is 87.1 cm³/mol. The molecule has 2 heterocycles. The van der Waals surface area contributed by atoms with Gasteiger partial charge in [-0.2, -0.15) is 0 Å². The molecular weight excluding hydrogens is 340 g/mol. The van der Waals surface area contributed by atoms with Crippen LogP contribution in [0.4, 0.5) is 5.69 Å². The van der Waals surface area contributed by atoms with Crippen molar-refractivity contribution in [2.45, 2.75) is 5.25 Å². The highest BCUT2D eigenvalue weighted by Crippen LogP contribution is 2.30. The maximum absolute atomic E-state index is 12.2. The molecule has 1 unspecified atom stereocenters. The zero-order chi connectivity index (χ0) is 16.6. The zero-order valence-electron chi connectivity index (χ0n) is 12.5. The van der Waals surface area contributed by atoms with Gasteiger partial charge < -0.3 is 9.64 Å². The van der Waals surface area contributed by atoms with Crippen molar-refractivity contribution in [3.05, 3.63) is 28.8 Å². The summed E-state index contributed by atoms with van der Waals surface area (Å²) in [7, 11) is 1.37. The Kier molecular flexibility index (Phi) is 4.61. The molecule has 0 saturated carbocycles. The number of rotatable bonds is 3. The van der Waals surface area contributed by atoms with Gasteiger partial charge in [0.1, 0.15) is 6.54 Å². The number of Topliss-reactive ketones (excluding diaryl/α,β-unsaturated/α-hetero) is 1. The van der Waals surface area contributed by atoms with Crippen LogP contribution in [0.1, 0.15) is 10.4 Å². The molecule has 1 aromatic carbocycles. The lowest BCUT2D eigenvalue weighted by atomic mass is 10.1. The van der Waals surface area contributed by atoms with Crippen LogP contribution in [0.2, 0.25) is 5.02 Å². The number of hydrogen-bond donors (Lipinski definition) is 1. The third kappa shape index (κ3) is 3.08. The number of nitrogens with one attached hydrogen (secondary N) is 1. The number of carbonyl (C=O) groups is 3. The number of hydrogen-bond acceptors (Lipinski definition) is 5. The van der Waals surface area contributed by atoms with E-state index in [2.05, 4.69) is 0 Å². The summed E-state index contributed by atoms with van der Waals surface area (Å²) < 4.78 is 4.79. The Morgan fingerprint density at radius 3 is 3.00 bits per heavy atom. The van der Waals surface area contributed by atoms with Crippen LogP contribution in [0.15, 0.2) is 18.2 Å². The first-order valence-corrected chi connectivity index (χ1v) is 8.62. The van der Waals surface area contributed by atoms with Gasteiger partial charge in [0.15, 0.2) is 11.9 Å². The molecule has 1 aromatic rings. The first kappa shape index (κ1) is 16.3. The van der Waals surface area contributed by atoms with E-state index in [9.17, 15) is 14.4 Å². The second-order valence-corrected chi connectivity index (χ2v) is 7.22. The molecule has 0 radical (unpaired) electrons. The van der Waals surface area contributed by atoms with Gasteiger partial charge in [-0.15, -0.1) is 11.8 Å². The number of halogens is 1. The molecule has 2 aliphatic heterocycles. The Morgan fingerprint density at radius 1 is 1.48 bits per heavy atom. The van der Waals surface area contributed by atoms with Crippen molar-refractivity contribution >= 4 is 46.7 Å². The summed E-state index contributed by atoms with van der Waals surface area (Å²) in [5.41, 5.74) is 0.933. The first-order valence-electron chi connectivity index (χ1n) is 7.20. The Hall–Kier alpha value is -1.57. The molecule has 6 nitrogen and oxygen atoms in total. The van der Waals surface area contributed by atoms with Gasteiger partial charge >= 0.3 is 11.9 Å². The maximum Gasteiger partial charge on any atom is 0.324 e. The van der Waals surface area contributed by atoms with Gasteiger partial charge in [0.2, 0.25) is 0 Å². The fourth-order valence-corrected chi connectivity index (χ4v) is 4.30. The number of esters is 1. The minimum Gasteiger partial charge on any atom is -0.468 e. The van der Waals surface area contributed by atoms with E-state index in [-0.39, 0.29) is 11.2 Å². The van der Waals surface area contributed by atoms with Crippen LogP contribution in [0.25, 0.3) is 0 Å². The van der Waals surface area contributed by atoms with Gasteiger partial charge in [-0.3, -0.25) is 19.3 Å². The summed E-state index contributed by atoms with van der Waals surface area (Å²) in [6.07, 6.45) is 0. The van der Waals surface area contributed by atoms with Crippen molar-refractivity contribution in [2.24, 2.45) is 0 Å². The molecule has 3 rings (SSSR count). The summed E-state index contributed by atoms with van der Waals surface area (Å²) in [5, 5.41) is 0.195. The zero-order valence-corrected chi connectivity index (χ0v) is 14.1. The predicted octanol–water partition coefficient (Wildman–Crippen LogP) is 0.000100. The molecule has 23 heavy (non-hydrogen) atoms. The van der Waals surface area contributed by atoms with E-state index in [4.69, 9.17) is 16.3 Å². The van der Waals surface area contributed by atoms with Gasteiger partial charge in [0, 0.05) is 10.8 Å². The van der Waals surface area contributed by atoms with Crippen LogP contribution in [0.3, 0.4) is 0 Å². The van der Waals surface area contributed by atoms with Gasteiger partial charge in [0.05, 0.1) is 24.9 Å². The van der Waals surface area contributed by atoms with Crippen molar-refractivity contribution in [2.75, 3.05) is 37.5 Å². The molecular formula is C15H16ClN2O4S+. The van der Waals surface area contributed by atoms with E-state index in [1.165, 1.54) is 18.1 Å². The van der Waals surface area contributed by atoms with E-state index in [1.54, 1.807) is 23.9 Å². The number of fused-ring (bicyclic) bond motifs is 1. The van der Waals surface area contributed by atoms with Gasteiger partial charge in [0.25, 0.3) is 5.78 Å². The molecule has 8 heteroatoms. The van der Waals surface area contributed by atoms with E-state index in [0.717, 1.165) is 17.2 Å². The largest absolute Gasteiger partial charge is 0.468 e. The summed E-state index contributed by atoms with van der Waals surface area (Å²) in [6.45, 7) is 1.74. The maximum atomic E-state index is 12.2. The molecule has 0 bridgehead atoms. The molecule has 0 aliphatic carbocycles. The molecule has 0 spiro atoms. The number of nitrogens with zero attached hydrogens (tertiary/aromatic N) is 1. The molecule has 1 N–H and O–H groups in total. The smallest absolute Gasteiger partial charge is 0.324 e. The quantitative estimate of drug-likeness (QED) is 0.610. The second kappa shape index (κ2) is 6.51. The summed E-state index contributed by atoms with van der Waals surface area (Å²) >= 11 is 7.47. The normalized spacial score (nSPS) is 23.8. The Bertz CT molecular complexity index is 681. The van der Waals surface area contributed by atoms with Crippen LogP contribution in [0.5, 0.6) is 0 Å². The topological polar surface area (TPSA) is 68.1 Å². The standard InChI is InChI=1S/C15H15ClN2O4S/c1-22-15(21)12-7-17(4-5-23-12)8-18-11-3-2-9(16)6-10(11)13(19)14(18)20/h2-3,6,12H,4-5,7-8H2,1H3/p+1/t12-/m0/s1. The number of thioether (sulfide) groups is 1. The lowest BCUT2D eigenvalue weighted by molar-refractivity contribution is -0.896. The van der Waals surface area contributed by atoms with Gasteiger partial charge in [-0.05, 0) is 18.2 Å². The van der Waals surface area contributed by atoms with Gasteiger partial charge in [-0.1, -0.05) is 11.6 Å². The number of ether oxygens (including phenoxy) is 1. The van der Waals surface area contributed by atoms with Crippen molar-refractivity contribution in [3.8, 4) is 0 Å². The minimum absolute atomic E-state index is 0.234. The third-order valence-electron chi connectivity index (χ3n) is 4.03. The molecule has 2 aliphatic rings. The van der Waals surface area contributed by atoms with E-state index >= 15 is 0 Å².